The summed E-state index contributed by atoms with van der Waals surface area (Å²) in [5, 5.41) is 5.06. The van der Waals surface area contributed by atoms with E-state index < -0.39 is 0 Å². The van der Waals surface area contributed by atoms with Crippen LogP contribution in [0.5, 0.6) is 5.75 Å². The minimum Gasteiger partial charge on any atom is -0.494 e. The van der Waals surface area contributed by atoms with Crippen LogP contribution in [0.1, 0.15) is 37.3 Å². The lowest BCUT2D eigenvalue weighted by atomic mass is 10.1. The monoisotopic (exact) mass is 556 g/mol. The second-order valence-corrected chi connectivity index (χ2v) is 10.7. The predicted octanol–water partition coefficient (Wildman–Crippen LogP) is 5.51. The van der Waals surface area contributed by atoms with Crippen LogP contribution < -0.4 is 19.7 Å². The van der Waals surface area contributed by atoms with E-state index in [-0.39, 0.29) is 11.5 Å². The molecule has 0 N–H and O–H groups in total. The van der Waals surface area contributed by atoms with Crippen LogP contribution in [0.15, 0.2) is 77.6 Å². The van der Waals surface area contributed by atoms with Crippen molar-refractivity contribution >= 4 is 45.1 Å². The number of aromatic nitrogens is 3. The van der Waals surface area contributed by atoms with Gasteiger partial charge in [-0.25, -0.2) is 0 Å². The summed E-state index contributed by atoms with van der Waals surface area (Å²) in [4.78, 5) is 33.9. The molecule has 2 aromatic heterocycles. The Labute approximate surface area is 233 Å². The van der Waals surface area contributed by atoms with Gasteiger partial charge >= 0.3 is 0 Å². The molecule has 3 heterocycles. The van der Waals surface area contributed by atoms with Gasteiger partial charge in [0.1, 0.15) is 10.3 Å². The molecule has 39 heavy (non-hydrogen) atoms. The number of para-hydroxylation sites is 1. The van der Waals surface area contributed by atoms with Gasteiger partial charge in [-0.05, 0) is 48.4 Å². The maximum Gasteiger partial charge on any atom is 0.291 e. The van der Waals surface area contributed by atoms with E-state index in [1.807, 2.05) is 66.7 Å². The third kappa shape index (κ3) is 4.70. The number of unbranched alkanes of at least 4 members (excludes halogenated alkanes) is 2. The fraction of sp³-hybridized carbons (Fsp3) is 0.200. The molecule has 196 valence electrons. The molecule has 7 nitrogen and oxygen atoms in total. The quantitative estimate of drug-likeness (QED) is 0.236. The lowest BCUT2D eigenvalue weighted by molar-refractivity contribution is -0.113. The highest BCUT2D eigenvalue weighted by Crippen LogP contribution is 2.37. The molecule has 0 saturated heterocycles. The topological polar surface area (TPSA) is 76.8 Å². The Balaban J connectivity index is 1.34. The predicted molar refractivity (Wildman–Crippen MR) is 154 cm³/mol. The molecule has 9 heteroatoms. The Hall–Kier alpha value is -4.01. The zero-order valence-corrected chi connectivity index (χ0v) is 22.8. The van der Waals surface area contributed by atoms with Crippen molar-refractivity contribution in [2.45, 2.75) is 32.7 Å². The molecule has 0 spiro atoms. The number of hydrogen-bond donors (Lipinski definition) is 0. The van der Waals surface area contributed by atoms with Gasteiger partial charge in [-0.15, -0.1) is 5.10 Å². The number of nitrogens with zero attached hydrogens (tertiary/aromatic N) is 4. The van der Waals surface area contributed by atoms with E-state index in [0.717, 1.165) is 41.8 Å². The van der Waals surface area contributed by atoms with Gasteiger partial charge in [-0.3, -0.25) is 9.59 Å². The van der Waals surface area contributed by atoms with Gasteiger partial charge in [-0.1, -0.05) is 79.1 Å². The number of ether oxygens (including phenoxy) is 1. The summed E-state index contributed by atoms with van der Waals surface area (Å²) in [5.41, 5.74) is 3.08. The van der Waals surface area contributed by atoms with Crippen LogP contribution in [0, 0.1) is 0 Å². The highest BCUT2D eigenvalue weighted by molar-refractivity contribution is 7.15. The van der Waals surface area contributed by atoms with Crippen molar-refractivity contribution in [3.63, 3.8) is 0 Å². The van der Waals surface area contributed by atoms with Crippen LogP contribution in [0.2, 0.25) is 5.02 Å². The fourth-order valence-corrected chi connectivity index (χ4v) is 5.90. The minimum atomic E-state index is -0.359. The second-order valence-electron chi connectivity index (χ2n) is 9.32. The second kappa shape index (κ2) is 10.6. The number of rotatable bonds is 8. The van der Waals surface area contributed by atoms with Crippen molar-refractivity contribution < 1.29 is 9.53 Å². The average Bonchev–Trinajstić information content (AvgIpc) is 3.59. The highest BCUT2D eigenvalue weighted by Gasteiger charge is 2.34. The van der Waals surface area contributed by atoms with Crippen molar-refractivity contribution in [3.05, 3.63) is 104 Å². The molecule has 3 aromatic carbocycles. The fourth-order valence-electron chi connectivity index (χ4n) is 4.70. The average molecular weight is 557 g/mol. The highest BCUT2D eigenvalue weighted by atomic mass is 35.5. The van der Waals surface area contributed by atoms with E-state index in [0.29, 0.717) is 44.6 Å². The van der Waals surface area contributed by atoms with Crippen LogP contribution in [0.25, 0.3) is 21.9 Å². The lowest BCUT2D eigenvalue weighted by Crippen LogP contribution is -2.32. The number of thiazole rings is 1. The Morgan fingerprint density at radius 2 is 1.72 bits per heavy atom. The van der Waals surface area contributed by atoms with Crippen LogP contribution >= 0.6 is 22.9 Å². The number of amides is 1. The first kappa shape index (κ1) is 25.3. The number of hydrogen-bond acceptors (Lipinski definition) is 6. The normalized spacial score (nSPS) is 14.3. The van der Waals surface area contributed by atoms with Crippen LogP contribution in [0.3, 0.4) is 0 Å². The zero-order chi connectivity index (χ0) is 26.9. The molecule has 6 rings (SSSR count). The molecular weight excluding hydrogens is 532 g/mol. The van der Waals surface area contributed by atoms with E-state index in [1.54, 1.807) is 11.0 Å². The van der Waals surface area contributed by atoms with Crippen molar-refractivity contribution in [1.29, 1.82) is 0 Å². The lowest BCUT2D eigenvalue weighted by Gasteiger charge is -2.17. The number of fused-ring (bicyclic) bond motifs is 2. The molecule has 0 bridgehead atoms. The van der Waals surface area contributed by atoms with Crippen LogP contribution in [-0.2, 0) is 11.3 Å². The minimum absolute atomic E-state index is 0.243. The zero-order valence-electron chi connectivity index (χ0n) is 21.3. The molecule has 0 unspecified atom stereocenters. The third-order valence-corrected chi connectivity index (χ3v) is 8.12. The standard InChI is InChI=1S/C30H25ClN4O3S/c1-2-3-8-17-38-21-15-13-19(14-16-21)27-32-30-35(33-27)29(37)26(39-30)25-22-10-5-7-12-24(22)34(28(25)36)18-20-9-4-6-11-23(20)31/h4-7,9-16H,2-3,8,17-18H2,1H3. The maximum absolute atomic E-state index is 13.7. The first-order chi connectivity index (χ1) is 19.0. The van der Waals surface area contributed by atoms with Gasteiger partial charge < -0.3 is 9.64 Å². The Morgan fingerprint density at radius 3 is 2.49 bits per heavy atom. The first-order valence-corrected chi connectivity index (χ1v) is 14.1. The van der Waals surface area contributed by atoms with Gasteiger partial charge in [0.25, 0.3) is 11.5 Å². The summed E-state index contributed by atoms with van der Waals surface area (Å²) in [6, 6.07) is 22.5. The summed E-state index contributed by atoms with van der Waals surface area (Å²) in [6.45, 7) is 3.15. The molecule has 1 aliphatic heterocycles. The Bertz CT molecular complexity index is 1800. The van der Waals surface area contributed by atoms with Crippen molar-refractivity contribution in [2.75, 3.05) is 11.5 Å². The summed E-state index contributed by atoms with van der Waals surface area (Å²) < 4.78 is 7.39. The summed E-state index contributed by atoms with van der Waals surface area (Å²) in [6.07, 6.45) is 3.31. The number of benzene rings is 3. The molecule has 0 saturated carbocycles. The molecular formula is C30H25ClN4O3S. The maximum atomic E-state index is 13.7. The van der Waals surface area contributed by atoms with E-state index >= 15 is 0 Å². The molecule has 0 atom stereocenters. The Kier molecular flexibility index (Phi) is 6.89. The molecule has 0 aliphatic carbocycles. The van der Waals surface area contributed by atoms with Gasteiger partial charge in [-0.2, -0.15) is 9.50 Å². The van der Waals surface area contributed by atoms with Crippen molar-refractivity contribution in [1.82, 2.24) is 14.6 Å². The van der Waals surface area contributed by atoms with E-state index in [4.69, 9.17) is 16.3 Å². The molecule has 1 amide bonds. The molecule has 5 aromatic rings. The van der Waals surface area contributed by atoms with Gasteiger partial charge in [0.05, 0.1) is 24.4 Å². The van der Waals surface area contributed by atoms with E-state index in [2.05, 4.69) is 17.0 Å². The van der Waals surface area contributed by atoms with E-state index in [9.17, 15) is 9.59 Å². The van der Waals surface area contributed by atoms with E-state index in [1.165, 1.54) is 15.9 Å². The number of carbonyl (C=O) groups excluding carboxylic acids is 1. The third-order valence-electron chi connectivity index (χ3n) is 6.72. The van der Waals surface area contributed by atoms with Crippen LogP contribution in [-0.4, -0.2) is 27.1 Å². The Morgan fingerprint density at radius 1 is 0.949 bits per heavy atom. The molecule has 0 fully saturated rings. The molecule has 1 aliphatic rings. The summed E-state index contributed by atoms with van der Waals surface area (Å²) in [5.74, 6) is 0.997. The van der Waals surface area contributed by atoms with Gasteiger partial charge in [0.15, 0.2) is 5.82 Å². The number of halogens is 1. The summed E-state index contributed by atoms with van der Waals surface area (Å²) >= 11 is 7.56. The van der Waals surface area contributed by atoms with Crippen molar-refractivity contribution in [2.24, 2.45) is 0 Å². The van der Waals surface area contributed by atoms with Crippen molar-refractivity contribution in [3.8, 4) is 17.1 Å². The van der Waals surface area contributed by atoms with Gasteiger partial charge in [0, 0.05) is 16.1 Å². The SMILES string of the molecule is CCCCCOc1ccc(-c2nc3sc(=C4C(=O)N(Cc5ccccc5Cl)c5ccccc54)c(=O)n3n2)cc1. The smallest absolute Gasteiger partial charge is 0.291 e. The summed E-state index contributed by atoms with van der Waals surface area (Å²) in [7, 11) is 0. The number of carbonyl (C=O) groups is 1. The number of anilines is 1. The van der Waals surface area contributed by atoms with Crippen LogP contribution in [0.4, 0.5) is 5.69 Å². The first-order valence-electron chi connectivity index (χ1n) is 12.9. The van der Waals surface area contributed by atoms with Gasteiger partial charge in [0.2, 0.25) is 4.96 Å². The largest absolute Gasteiger partial charge is 0.494 e. The molecule has 0 radical (unpaired) electrons.